The van der Waals surface area contributed by atoms with Gasteiger partial charge in [-0.05, 0) is 42.7 Å². The molecule has 2 nitrogen and oxygen atoms in total. The number of anilines is 2. The molecule has 6 heteroatoms. The minimum atomic E-state index is -0.423. The lowest BCUT2D eigenvalue weighted by molar-refractivity contribution is 0.628. The van der Waals surface area contributed by atoms with Crippen LogP contribution in [-0.4, -0.2) is 11.2 Å². The topological polar surface area (TPSA) is 24.9 Å². The van der Waals surface area contributed by atoms with Crippen molar-refractivity contribution < 1.29 is 4.39 Å². The minimum Gasteiger partial charge on any atom is -0.332 e. The van der Waals surface area contributed by atoms with Crippen LogP contribution in [0.25, 0.3) is 11.3 Å². The van der Waals surface area contributed by atoms with Gasteiger partial charge in [0.05, 0.1) is 10.7 Å². The number of rotatable bonds is 4. The Labute approximate surface area is 141 Å². The van der Waals surface area contributed by atoms with Crippen LogP contribution in [0.4, 0.5) is 15.2 Å². The zero-order valence-electron chi connectivity index (χ0n) is 11.6. The van der Waals surface area contributed by atoms with Gasteiger partial charge in [-0.3, -0.25) is 0 Å². The van der Waals surface area contributed by atoms with Gasteiger partial charge in [-0.25, -0.2) is 9.37 Å². The first kappa shape index (κ1) is 15.3. The van der Waals surface area contributed by atoms with E-state index in [2.05, 4.69) is 22.4 Å². The quantitative estimate of drug-likeness (QED) is 0.578. The maximum Gasteiger partial charge on any atom is 0.187 e. The molecule has 0 saturated carbocycles. The van der Waals surface area contributed by atoms with Crippen molar-refractivity contribution in [1.82, 2.24) is 4.98 Å². The molecule has 0 aliphatic carbocycles. The van der Waals surface area contributed by atoms with Crippen molar-refractivity contribution in [3.05, 3.63) is 58.7 Å². The molecule has 1 heterocycles. The molecule has 0 saturated heterocycles. The highest BCUT2D eigenvalue weighted by Gasteiger charge is 2.08. The molecule has 0 spiro atoms. The number of halogens is 2. The summed E-state index contributed by atoms with van der Waals surface area (Å²) < 4.78 is 13.2. The summed E-state index contributed by atoms with van der Waals surface area (Å²) in [6.45, 7) is 0. The second-order valence-corrected chi connectivity index (χ2v) is 6.67. The highest BCUT2D eigenvalue weighted by molar-refractivity contribution is 7.98. The van der Waals surface area contributed by atoms with Crippen molar-refractivity contribution in [1.29, 1.82) is 0 Å². The molecule has 1 aromatic heterocycles. The van der Waals surface area contributed by atoms with Crippen molar-refractivity contribution in [3.63, 3.8) is 0 Å². The molecule has 22 heavy (non-hydrogen) atoms. The van der Waals surface area contributed by atoms with Crippen LogP contribution in [-0.2, 0) is 0 Å². The van der Waals surface area contributed by atoms with Crippen molar-refractivity contribution in [2.75, 3.05) is 11.6 Å². The van der Waals surface area contributed by atoms with E-state index in [-0.39, 0.29) is 5.02 Å². The Morgan fingerprint density at radius 3 is 2.86 bits per heavy atom. The average Bonchev–Trinajstić information content (AvgIpc) is 2.98. The lowest BCUT2D eigenvalue weighted by atomic mass is 10.2. The van der Waals surface area contributed by atoms with Gasteiger partial charge in [-0.15, -0.1) is 23.1 Å². The van der Waals surface area contributed by atoms with E-state index >= 15 is 0 Å². The Morgan fingerprint density at radius 2 is 2.09 bits per heavy atom. The van der Waals surface area contributed by atoms with Crippen molar-refractivity contribution >= 4 is 45.5 Å². The Morgan fingerprint density at radius 1 is 1.23 bits per heavy atom. The highest BCUT2D eigenvalue weighted by atomic mass is 35.5. The van der Waals surface area contributed by atoms with Crippen LogP contribution in [0.5, 0.6) is 0 Å². The molecule has 112 valence electrons. The molecule has 3 aromatic rings. The molecule has 2 aromatic carbocycles. The van der Waals surface area contributed by atoms with Crippen LogP contribution in [0.2, 0.25) is 5.02 Å². The van der Waals surface area contributed by atoms with Crippen LogP contribution < -0.4 is 5.32 Å². The van der Waals surface area contributed by atoms with Gasteiger partial charge in [0.15, 0.2) is 5.13 Å². The number of thioether (sulfide) groups is 1. The summed E-state index contributed by atoms with van der Waals surface area (Å²) in [6, 6.07) is 12.7. The van der Waals surface area contributed by atoms with Crippen LogP contribution in [0.3, 0.4) is 0 Å². The molecule has 1 N–H and O–H groups in total. The molecular formula is C16H12ClFN2S2. The van der Waals surface area contributed by atoms with E-state index in [9.17, 15) is 4.39 Å². The first-order valence-electron chi connectivity index (χ1n) is 6.48. The highest BCUT2D eigenvalue weighted by Crippen LogP contribution is 2.30. The van der Waals surface area contributed by atoms with Gasteiger partial charge in [-0.2, -0.15) is 0 Å². The standard InChI is InChI=1S/C16H12ClFN2S2/c1-21-12-4-2-3-11(8-12)19-16-20-15(9-22-16)10-5-6-14(18)13(17)7-10/h2-9H,1H3,(H,19,20). The van der Waals surface area contributed by atoms with Crippen molar-refractivity contribution in [3.8, 4) is 11.3 Å². The molecule has 0 amide bonds. The van der Waals surface area contributed by atoms with Gasteiger partial charge >= 0.3 is 0 Å². The van der Waals surface area contributed by atoms with Gasteiger partial charge in [-0.1, -0.05) is 17.7 Å². The maximum atomic E-state index is 13.2. The van der Waals surface area contributed by atoms with Crippen LogP contribution in [0.15, 0.2) is 52.7 Å². The predicted octanol–water partition coefficient (Wildman–Crippen LogP) is 6.07. The summed E-state index contributed by atoms with van der Waals surface area (Å²) >= 11 is 9.00. The summed E-state index contributed by atoms with van der Waals surface area (Å²) in [5, 5.41) is 6.09. The Balaban J connectivity index is 1.82. The lowest BCUT2D eigenvalue weighted by Crippen LogP contribution is -1.89. The Bertz CT molecular complexity index is 804. The van der Waals surface area contributed by atoms with Gasteiger partial charge in [0, 0.05) is 21.5 Å². The van der Waals surface area contributed by atoms with Crippen LogP contribution >= 0.6 is 34.7 Å². The third-order valence-electron chi connectivity index (χ3n) is 3.04. The molecule has 0 fully saturated rings. The first-order valence-corrected chi connectivity index (χ1v) is 8.96. The van der Waals surface area contributed by atoms with E-state index in [0.717, 1.165) is 22.1 Å². The van der Waals surface area contributed by atoms with E-state index in [1.807, 2.05) is 23.8 Å². The molecule has 3 rings (SSSR count). The van der Waals surface area contributed by atoms with E-state index in [1.54, 1.807) is 23.9 Å². The second kappa shape index (κ2) is 6.69. The number of nitrogens with one attached hydrogen (secondary N) is 1. The monoisotopic (exact) mass is 350 g/mol. The molecule has 0 aliphatic heterocycles. The Hall–Kier alpha value is -1.56. The fourth-order valence-electron chi connectivity index (χ4n) is 1.94. The molecule has 0 unspecified atom stereocenters. The normalized spacial score (nSPS) is 10.7. The van der Waals surface area contributed by atoms with Gasteiger partial charge in [0.1, 0.15) is 5.82 Å². The minimum absolute atomic E-state index is 0.104. The number of hydrogen-bond acceptors (Lipinski definition) is 4. The van der Waals surface area contributed by atoms with Gasteiger partial charge < -0.3 is 5.32 Å². The van der Waals surface area contributed by atoms with Gasteiger partial charge in [0.25, 0.3) is 0 Å². The summed E-state index contributed by atoms with van der Waals surface area (Å²) in [7, 11) is 0. The maximum absolute atomic E-state index is 13.2. The van der Waals surface area contributed by atoms with Crippen molar-refractivity contribution in [2.24, 2.45) is 0 Å². The molecule has 0 bridgehead atoms. The SMILES string of the molecule is CSc1cccc(Nc2nc(-c3ccc(F)c(Cl)c3)cs2)c1. The molecule has 0 atom stereocenters. The second-order valence-electron chi connectivity index (χ2n) is 4.52. The molecular weight excluding hydrogens is 339 g/mol. The largest absolute Gasteiger partial charge is 0.332 e. The summed E-state index contributed by atoms with van der Waals surface area (Å²) in [5.41, 5.74) is 2.56. The molecule has 0 radical (unpaired) electrons. The number of aromatic nitrogens is 1. The summed E-state index contributed by atoms with van der Waals surface area (Å²) in [6.07, 6.45) is 2.04. The van der Waals surface area contributed by atoms with Crippen LogP contribution in [0.1, 0.15) is 0 Å². The van der Waals surface area contributed by atoms with E-state index in [1.165, 1.54) is 22.3 Å². The number of hydrogen-bond donors (Lipinski definition) is 1. The number of benzene rings is 2. The summed E-state index contributed by atoms with van der Waals surface area (Å²) in [5.74, 6) is -0.423. The van der Waals surface area contributed by atoms with E-state index in [4.69, 9.17) is 11.6 Å². The Kier molecular flexibility index (Phi) is 4.66. The fraction of sp³-hybridized carbons (Fsp3) is 0.0625. The molecule has 0 aliphatic rings. The fourth-order valence-corrected chi connectivity index (χ4v) is 3.32. The van der Waals surface area contributed by atoms with E-state index < -0.39 is 5.82 Å². The number of nitrogens with zero attached hydrogens (tertiary/aromatic N) is 1. The predicted molar refractivity (Wildman–Crippen MR) is 94.0 cm³/mol. The average molecular weight is 351 g/mol. The van der Waals surface area contributed by atoms with E-state index in [0.29, 0.717) is 0 Å². The summed E-state index contributed by atoms with van der Waals surface area (Å²) in [4.78, 5) is 5.71. The lowest BCUT2D eigenvalue weighted by Gasteiger charge is -2.04. The third kappa shape index (κ3) is 3.43. The number of thiazole rings is 1. The van der Waals surface area contributed by atoms with Gasteiger partial charge in [0.2, 0.25) is 0 Å². The zero-order chi connectivity index (χ0) is 15.5. The van der Waals surface area contributed by atoms with Crippen LogP contribution in [0, 0.1) is 5.82 Å². The smallest absolute Gasteiger partial charge is 0.187 e. The zero-order valence-corrected chi connectivity index (χ0v) is 14.0. The third-order valence-corrected chi connectivity index (χ3v) is 4.81. The van der Waals surface area contributed by atoms with Crippen molar-refractivity contribution in [2.45, 2.75) is 4.90 Å². The first-order chi connectivity index (χ1) is 10.7.